The topological polar surface area (TPSA) is 64.7 Å². The summed E-state index contributed by atoms with van der Waals surface area (Å²) in [6.45, 7) is 2.05. The van der Waals surface area contributed by atoms with Crippen LogP contribution in [-0.4, -0.2) is 15.0 Å². The van der Waals surface area contributed by atoms with Crippen molar-refractivity contribution >= 4 is 11.8 Å². The molecule has 2 rings (SSSR count). The summed E-state index contributed by atoms with van der Waals surface area (Å²) in [5.41, 5.74) is 6.83. The van der Waals surface area contributed by atoms with Gasteiger partial charge >= 0.3 is 0 Å². The van der Waals surface area contributed by atoms with E-state index in [1.54, 1.807) is 18.6 Å². The van der Waals surface area contributed by atoms with Crippen molar-refractivity contribution in [2.75, 3.05) is 0 Å². The van der Waals surface area contributed by atoms with Gasteiger partial charge in [-0.25, -0.2) is 4.98 Å². The van der Waals surface area contributed by atoms with E-state index in [0.717, 1.165) is 22.0 Å². The number of rotatable bonds is 4. The van der Waals surface area contributed by atoms with Crippen LogP contribution < -0.4 is 5.73 Å². The van der Waals surface area contributed by atoms with E-state index < -0.39 is 0 Å². The van der Waals surface area contributed by atoms with Gasteiger partial charge in [0.25, 0.3) is 0 Å². The molecular formula is C12H14N4S. The van der Waals surface area contributed by atoms with Crippen LogP contribution in [0.5, 0.6) is 0 Å². The standard InChI is InChI=1S/C12H14N4S/c1-2-10(13)11-4-3-9(7-16-11)17-12-8-14-5-6-15-12/h3-8,10H,2,13H2,1H3/t10-/m0/s1. The van der Waals surface area contributed by atoms with Crippen LogP contribution in [0, 0.1) is 0 Å². The summed E-state index contributed by atoms with van der Waals surface area (Å²) < 4.78 is 0. The van der Waals surface area contributed by atoms with Gasteiger partial charge in [0.1, 0.15) is 5.03 Å². The quantitative estimate of drug-likeness (QED) is 0.897. The lowest BCUT2D eigenvalue weighted by Gasteiger charge is -2.08. The lowest BCUT2D eigenvalue weighted by molar-refractivity contribution is 0.674. The first kappa shape index (κ1) is 12.0. The largest absolute Gasteiger partial charge is 0.323 e. The van der Waals surface area contributed by atoms with E-state index in [1.807, 2.05) is 18.3 Å². The molecule has 4 nitrogen and oxygen atoms in total. The van der Waals surface area contributed by atoms with Gasteiger partial charge in [0.2, 0.25) is 0 Å². The molecule has 2 aromatic heterocycles. The van der Waals surface area contributed by atoms with Crippen molar-refractivity contribution in [3.63, 3.8) is 0 Å². The Labute approximate surface area is 105 Å². The van der Waals surface area contributed by atoms with Gasteiger partial charge in [-0.2, -0.15) is 0 Å². The Bertz CT molecular complexity index is 458. The van der Waals surface area contributed by atoms with Gasteiger partial charge < -0.3 is 5.73 Å². The first-order valence-electron chi connectivity index (χ1n) is 5.45. The minimum atomic E-state index is 0.0190. The summed E-state index contributed by atoms with van der Waals surface area (Å²) in [5, 5.41) is 0.863. The number of nitrogens with zero attached hydrogens (tertiary/aromatic N) is 3. The highest BCUT2D eigenvalue weighted by atomic mass is 32.2. The van der Waals surface area contributed by atoms with Gasteiger partial charge in [-0.05, 0) is 18.6 Å². The molecule has 88 valence electrons. The van der Waals surface area contributed by atoms with Crippen molar-refractivity contribution < 1.29 is 0 Å². The van der Waals surface area contributed by atoms with Crippen molar-refractivity contribution in [1.29, 1.82) is 0 Å². The van der Waals surface area contributed by atoms with Crippen LogP contribution in [0.15, 0.2) is 46.8 Å². The maximum atomic E-state index is 5.91. The summed E-state index contributed by atoms with van der Waals surface area (Å²) >= 11 is 1.54. The molecule has 0 saturated heterocycles. The molecule has 2 aromatic rings. The second-order valence-corrected chi connectivity index (χ2v) is 4.67. The molecular weight excluding hydrogens is 232 g/mol. The molecule has 5 heteroatoms. The number of hydrogen-bond donors (Lipinski definition) is 1. The van der Waals surface area contributed by atoms with Crippen molar-refractivity contribution in [1.82, 2.24) is 15.0 Å². The minimum absolute atomic E-state index is 0.0190. The second-order valence-electron chi connectivity index (χ2n) is 3.58. The fourth-order valence-corrected chi connectivity index (χ4v) is 2.05. The Morgan fingerprint density at radius 2 is 2.12 bits per heavy atom. The van der Waals surface area contributed by atoms with E-state index in [9.17, 15) is 0 Å². The zero-order valence-electron chi connectivity index (χ0n) is 9.58. The molecule has 0 unspecified atom stereocenters. The predicted octanol–water partition coefficient (Wildman–Crippen LogP) is 2.43. The zero-order valence-corrected chi connectivity index (χ0v) is 10.4. The molecule has 2 heterocycles. The normalized spacial score (nSPS) is 12.4. The van der Waals surface area contributed by atoms with Crippen molar-refractivity contribution in [2.24, 2.45) is 5.73 Å². The summed E-state index contributed by atoms with van der Waals surface area (Å²) in [6, 6.07) is 4.00. The van der Waals surface area contributed by atoms with E-state index in [0.29, 0.717) is 0 Å². The van der Waals surface area contributed by atoms with Crippen LogP contribution in [0.25, 0.3) is 0 Å². The highest BCUT2D eigenvalue weighted by molar-refractivity contribution is 7.99. The molecule has 2 N–H and O–H groups in total. The van der Waals surface area contributed by atoms with Crippen LogP contribution in [-0.2, 0) is 0 Å². The van der Waals surface area contributed by atoms with Gasteiger partial charge in [0.15, 0.2) is 0 Å². The molecule has 0 amide bonds. The second kappa shape index (κ2) is 5.75. The van der Waals surface area contributed by atoms with Gasteiger partial charge in [-0.3, -0.25) is 9.97 Å². The third-order valence-electron chi connectivity index (χ3n) is 2.34. The predicted molar refractivity (Wildman–Crippen MR) is 67.6 cm³/mol. The average molecular weight is 246 g/mol. The molecule has 0 radical (unpaired) electrons. The smallest absolute Gasteiger partial charge is 0.119 e. The maximum absolute atomic E-state index is 5.91. The highest BCUT2D eigenvalue weighted by Crippen LogP contribution is 2.25. The Morgan fingerprint density at radius 3 is 2.71 bits per heavy atom. The lowest BCUT2D eigenvalue weighted by Crippen LogP contribution is -2.10. The van der Waals surface area contributed by atoms with Crippen molar-refractivity contribution in [3.05, 3.63) is 42.6 Å². The SMILES string of the molecule is CC[C@H](N)c1ccc(Sc2cnccn2)cn1. The number of nitrogens with two attached hydrogens (primary N) is 1. The summed E-state index contributed by atoms with van der Waals surface area (Å²) in [5.74, 6) is 0. The van der Waals surface area contributed by atoms with Crippen LogP contribution in [0.4, 0.5) is 0 Å². The van der Waals surface area contributed by atoms with E-state index in [1.165, 1.54) is 11.8 Å². The zero-order chi connectivity index (χ0) is 12.1. The Kier molecular flexibility index (Phi) is 4.06. The Balaban J connectivity index is 2.08. The molecule has 0 aromatic carbocycles. The fraction of sp³-hybridized carbons (Fsp3) is 0.250. The van der Waals surface area contributed by atoms with Gasteiger partial charge in [0, 0.05) is 29.5 Å². The van der Waals surface area contributed by atoms with Gasteiger partial charge in [-0.1, -0.05) is 18.7 Å². The minimum Gasteiger partial charge on any atom is -0.323 e. The lowest BCUT2D eigenvalue weighted by atomic mass is 10.1. The van der Waals surface area contributed by atoms with Crippen LogP contribution >= 0.6 is 11.8 Å². The van der Waals surface area contributed by atoms with E-state index in [4.69, 9.17) is 5.73 Å². The molecule has 0 saturated carbocycles. The Hall–Kier alpha value is -1.46. The Morgan fingerprint density at radius 1 is 1.24 bits per heavy atom. The molecule has 1 atom stereocenters. The van der Waals surface area contributed by atoms with Gasteiger partial charge in [-0.15, -0.1) is 0 Å². The molecule has 0 aliphatic carbocycles. The summed E-state index contributed by atoms with van der Waals surface area (Å²) in [7, 11) is 0. The van der Waals surface area contributed by atoms with Crippen LogP contribution in [0.3, 0.4) is 0 Å². The summed E-state index contributed by atoms with van der Waals surface area (Å²) in [4.78, 5) is 13.6. The molecule has 17 heavy (non-hydrogen) atoms. The number of pyridine rings is 1. The van der Waals surface area contributed by atoms with E-state index in [2.05, 4.69) is 21.9 Å². The maximum Gasteiger partial charge on any atom is 0.119 e. The molecule has 0 spiro atoms. The van der Waals surface area contributed by atoms with Gasteiger partial charge in [0.05, 0.1) is 11.9 Å². The highest BCUT2D eigenvalue weighted by Gasteiger charge is 2.05. The van der Waals surface area contributed by atoms with Crippen LogP contribution in [0.1, 0.15) is 25.1 Å². The van der Waals surface area contributed by atoms with Crippen LogP contribution in [0.2, 0.25) is 0 Å². The third kappa shape index (κ3) is 3.25. The number of aromatic nitrogens is 3. The molecule has 0 aliphatic rings. The fourth-order valence-electron chi connectivity index (χ4n) is 1.34. The first-order valence-corrected chi connectivity index (χ1v) is 6.26. The van der Waals surface area contributed by atoms with Crippen molar-refractivity contribution in [3.8, 4) is 0 Å². The third-order valence-corrected chi connectivity index (χ3v) is 3.24. The van der Waals surface area contributed by atoms with Crippen molar-refractivity contribution in [2.45, 2.75) is 29.3 Å². The molecule has 0 fully saturated rings. The molecule has 0 bridgehead atoms. The summed E-state index contributed by atoms with van der Waals surface area (Å²) in [6.07, 6.45) is 7.78. The monoisotopic (exact) mass is 246 g/mol. The van der Waals surface area contributed by atoms with E-state index >= 15 is 0 Å². The molecule has 0 aliphatic heterocycles. The van der Waals surface area contributed by atoms with E-state index in [-0.39, 0.29) is 6.04 Å². The first-order chi connectivity index (χ1) is 8.29. The average Bonchev–Trinajstić information content (AvgIpc) is 2.40. The number of hydrogen-bond acceptors (Lipinski definition) is 5.